The van der Waals surface area contributed by atoms with Crippen molar-refractivity contribution in [2.24, 2.45) is 5.92 Å². The number of aliphatic hydroxyl groups is 2. The number of hydrogen-bond donors (Lipinski definition) is 3. The number of ether oxygens (including phenoxy) is 2. The van der Waals surface area contributed by atoms with Crippen LogP contribution in [0.25, 0.3) is 0 Å². The van der Waals surface area contributed by atoms with Crippen LogP contribution in [0.5, 0.6) is 0 Å². The number of likely N-dealkylation sites (tertiary alicyclic amines) is 2. The third-order valence-electron chi connectivity index (χ3n) is 8.32. The Bertz CT molecular complexity index is 1240. The Morgan fingerprint density at radius 3 is 2.31 bits per heavy atom. The van der Waals surface area contributed by atoms with Crippen LogP contribution in [0.3, 0.4) is 0 Å². The van der Waals surface area contributed by atoms with Crippen molar-refractivity contribution in [3.63, 3.8) is 0 Å². The molecule has 12 heteroatoms. The average molecular weight is 592 g/mol. The highest BCUT2D eigenvalue weighted by molar-refractivity contribution is 5.98. The molecule has 0 unspecified atom stereocenters. The Balaban J connectivity index is 1.30. The van der Waals surface area contributed by atoms with Gasteiger partial charge in [-0.2, -0.15) is 13.2 Å². The number of anilines is 1. The fourth-order valence-corrected chi connectivity index (χ4v) is 5.95. The number of alkyl halides is 3. The number of β-amino-alcohol motifs (C(OH)–C–C–N with tert-alkyl or cyclic N) is 1. The quantitative estimate of drug-likeness (QED) is 0.452. The Hall–Kier alpha value is -3.03. The molecule has 2 aromatic rings. The molecular formula is C30H36F3N3O6. The van der Waals surface area contributed by atoms with Gasteiger partial charge in [0.2, 0.25) is 5.91 Å². The zero-order valence-corrected chi connectivity index (χ0v) is 23.3. The predicted octanol–water partition coefficient (Wildman–Crippen LogP) is 3.53. The van der Waals surface area contributed by atoms with Crippen molar-refractivity contribution in [2.75, 3.05) is 31.5 Å². The molecule has 3 aliphatic heterocycles. The van der Waals surface area contributed by atoms with Crippen LogP contribution in [0.4, 0.5) is 18.9 Å². The zero-order valence-electron chi connectivity index (χ0n) is 23.3. The number of rotatable bonds is 7. The summed E-state index contributed by atoms with van der Waals surface area (Å²) in [6, 6.07) is 13.1. The topological polar surface area (TPSA) is 112 Å². The minimum atomic E-state index is -5.03. The van der Waals surface area contributed by atoms with E-state index in [2.05, 4.69) is 17.1 Å². The maximum Gasteiger partial charge on any atom is 0.471 e. The summed E-state index contributed by atoms with van der Waals surface area (Å²) < 4.78 is 51.8. The summed E-state index contributed by atoms with van der Waals surface area (Å²) in [5.41, 5.74) is 2.80. The van der Waals surface area contributed by atoms with E-state index in [1.54, 1.807) is 24.3 Å². The Morgan fingerprint density at radius 1 is 1.00 bits per heavy atom. The highest BCUT2D eigenvalue weighted by Crippen LogP contribution is 2.42. The van der Waals surface area contributed by atoms with Gasteiger partial charge in [-0.15, -0.1) is 0 Å². The molecule has 9 nitrogen and oxygen atoms in total. The maximum absolute atomic E-state index is 13.0. The van der Waals surface area contributed by atoms with Gasteiger partial charge in [-0.05, 0) is 42.5 Å². The van der Waals surface area contributed by atoms with Crippen molar-refractivity contribution in [1.29, 1.82) is 0 Å². The first kappa shape index (κ1) is 30.4. The number of amides is 2. The first-order valence-corrected chi connectivity index (χ1v) is 14.2. The fourth-order valence-electron chi connectivity index (χ4n) is 5.95. The second-order valence-electron chi connectivity index (χ2n) is 11.3. The van der Waals surface area contributed by atoms with Gasteiger partial charge in [0.15, 0.2) is 6.29 Å². The number of hydrogen-bond acceptors (Lipinski definition) is 7. The summed E-state index contributed by atoms with van der Waals surface area (Å²) in [5, 5.41) is 22.1. The largest absolute Gasteiger partial charge is 0.471 e. The first-order valence-electron chi connectivity index (χ1n) is 14.2. The van der Waals surface area contributed by atoms with E-state index in [0.717, 1.165) is 17.7 Å². The Labute approximate surface area is 242 Å². The lowest BCUT2D eigenvalue weighted by molar-refractivity contribution is -0.276. The van der Waals surface area contributed by atoms with Crippen molar-refractivity contribution < 1.29 is 42.4 Å². The number of carbonyl (C=O) groups is 2. The summed E-state index contributed by atoms with van der Waals surface area (Å²) in [4.78, 5) is 27.3. The second kappa shape index (κ2) is 12.7. The van der Waals surface area contributed by atoms with Crippen LogP contribution in [0.1, 0.15) is 55.3 Å². The number of halogens is 3. The average Bonchev–Trinajstić information content (AvgIpc) is 3.63. The van der Waals surface area contributed by atoms with E-state index in [9.17, 15) is 33.0 Å². The minimum Gasteiger partial charge on any atom is -0.392 e. The van der Waals surface area contributed by atoms with Crippen LogP contribution in [-0.2, 0) is 25.7 Å². The molecule has 0 aliphatic carbocycles. The molecule has 228 valence electrons. The molecule has 0 radical (unpaired) electrons. The van der Waals surface area contributed by atoms with Crippen molar-refractivity contribution >= 4 is 17.5 Å². The van der Waals surface area contributed by atoms with Gasteiger partial charge < -0.3 is 29.9 Å². The van der Waals surface area contributed by atoms with Gasteiger partial charge in [-0.25, -0.2) is 0 Å². The van der Waals surface area contributed by atoms with Crippen LogP contribution in [-0.4, -0.2) is 82.4 Å². The van der Waals surface area contributed by atoms with Crippen LogP contribution in [0, 0.1) is 5.92 Å². The van der Waals surface area contributed by atoms with Gasteiger partial charge in [-0.1, -0.05) is 43.3 Å². The normalized spacial score (nSPS) is 28.7. The van der Waals surface area contributed by atoms with Crippen LogP contribution < -0.4 is 5.32 Å². The molecule has 3 saturated heterocycles. The van der Waals surface area contributed by atoms with E-state index in [1.165, 1.54) is 0 Å². The van der Waals surface area contributed by atoms with Crippen LogP contribution in [0.2, 0.25) is 0 Å². The van der Waals surface area contributed by atoms with Gasteiger partial charge in [0.1, 0.15) is 6.04 Å². The summed E-state index contributed by atoms with van der Waals surface area (Å²) in [5.74, 6) is -2.70. The monoisotopic (exact) mass is 591 g/mol. The number of aliphatic hydroxyl groups excluding tert-OH is 2. The molecule has 0 saturated carbocycles. The lowest BCUT2D eigenvalue weighted by Crippen LogP contribution is -2.48. The lowest BCUT2D eigenvalue weighted by atomic mass is 9.90. The van der Waals surface area contributed by atoms with E-state index in [4.69, 9.17) is 9.47 Å². The molecule has 3 aliphatic rings. The van der Waals surface area contributed by atoms with E-state index < -0.39 is 30.3 Å². The third-order valence-corrected chi connectivity index (χ3v) is 8.32. The highest BCUT2D eigenvalue weighted by Gasteiger charge is 2.47. The maximum atomic E-state index is 13.0. The first-order chi connectivity index (χ1) is 20.0. The van der Waals surface area contributed by atoms with Crippen LogP contribution in [0.15, 0.2) is 48.5 Å². The Kier molecular flexibility index (Phi) is 9.19. The van der Waals surface area contributed by atoms with Crippen molar-refractivity contribution in [1.82, 2.24) is 9.80 Å². The van der Waals surface area contributed by atoms with Gasteiger partial charge in [0.05, 0.1) is 24.9 Å². The van der Waals surface area contributed by atoms with E-state index >= 15 is 0 Å². The Morgan fingerprint density at radius 2 is 1.69 bits per heavy atom. The highest BCUT2D eigenvalue weighted by atomic mass is 19.4. The molecule has 6 atom stereocenters. The van der Waals surface area contributed by atoms with E-state index in [1.807, 2.05) is 24.3 Å². The molecule has 3 N–H and O–H groups in total. The molecule has 0 bridgehead atoms. The van der Waals surface area contributed by atoms with E-state index in [-0.39, 0.29) is 43.8 Å². The van der Waals surface area contributed by atoms with Crippen molar-refractivity contribution in [3.8, 4) is 0 Å². The predicted molar refractivity (Wildman–Crippen MR) is 146 cm³/mol. The molecule has 42 heavy (non-hydrogen) atoms. The molecule has 0 spiro atoms. The fraction of sp³-hybridized carbons (Fsp3) is 0.533. The summed E-state index contributed by atoms with van der Waals surface area (Å²) in [6.07, 6.45) is -5.47. The summed E-state index contributed by atoms with van der Waals surface area (Å²) in [6.45, 7) is 3.85. The molecule has 2 amide bonds. The summed E-state index contributed by atoms with van der Waals surface area (Å²) >= 11 is 0. The van der Waals surface area contributed by atoms with Gasteiger partial charge in [-0.3, -0.25) is 14.5 Å². The lowest BCUT2D eigenvalue weighted by Gasteiger charge is -2.42. The second-order valence-corrected chi connectivity index (χ2v) is 11.3. The molecule has 5 rings (SSSR count). The minimum absolute atomic E-state index is 0.0219. The van der Waals surface area contributed by atoms with Gasteiger partial charge >= 0.3 is 12.1 Å². The molecular weight excluding hydrogens is 555 g/mol. The molecule has 2 aromatic carbocycles. The van der Waals surface area contributed by atoms with Gasteiger partial charge in [0.25, 0.3) is 0 Å². The summed E-state index contributed by atoms with van der Waals surface area (Å²) in [7, 11) is 0. The number of carbonyl (C=O) groups excluding carboxylic acids is 2. The van der Waals surface area contributed by atoms with Crippen molar-refractivity contribution in [3.05, 3.63) is 65.2 Å². The molecule has 0 aromatic heterocycles. The molecule has 3 fully saturated rings. The standard InChI is InChI=1S/C30H36F3N3O6/c1-18-25(16-35-14-12-23(38)15-35)41-28(42-26(18)20-6-4-19(17-37)5-7-20)21-8-10-22(11-9-21)34-27(39)24-3-2-13-36(24)29(40)30(31,32)33/h4-11,18,23-26,28,37-38H,2-3,12-17H2,1H3,(H,34,39)/t18-,23+,24+,25+,26+,28+/m1/s1. The zero-order chi connectivity index (χ0) is 30.0. The number of nitrogens with zero attached hydrogens (tertiary/aromatic N) is 2. The third kappa shape index (κ3) is 6.78. The van der Waals surface area contributed by atoms with E-state index in [0.29, 0.717) is 42.1 Å². The SMILES string of the molecule is C[C@@H]1[C@H](CN2CC[C@H](O)C2)O[C@H](c2ccc(NC(=O)[C@@H]3CCCN3C(=O)C(F)(F)F)cc2)O[C@@H]1c1ccc(CO)cc1. The van der Waals surface area contributed by atoms with Crippen molar-refractivity contribution in [2.45, 2.75) is 69.6 Å². The molecule has 3 heterocycles. The van der Waals surface area contributed by atoms with Gasteiger partial charge in [0, 0.05) is 43.3 Å². The smallest absolute Gasteiger partial charge is 0.392 e. The number of benzene rings is 2. The van der Waals surface area contributed by atoms with Crippen LogP contribution >= 0.6 is 0 Å². The number of nitrogens with one attached hydrogen (secondary N) is 1.